The predicted molar refractivity (Wildman–Crippen MR) is 97.6 cm³/mol. The van der Waals surface area contributed by atoms with Gasteiger partial charge in [0.15, 0.2) is 0 Å². The van der Waals surface area contributed by atoms with E-state index in [1.807, 2.05) is 49.9 Å². The summed E-state index contributed by atoms with van der Waals surface area (Å²) in [4.78, 5) is 25.2. The average Bonchev–Trinajstić information content (AvgIpc) is 3.43. The van der Waals surface area contributed by atoms with Crippen molar-refractivity contribution in [2.24, 2.45) is 11.7 Å². The zero-order valence-corrected chi connectivity index (χ0v) is 15.7. The highest BCUT2D eigenvalue weighted by molar-refractivity contribution is 5.69. The zero-order valence-electron chi connectivity index (χ0n) is 15.7. The Labute approximate surface area is 154 Å². The van der Waals surface area contributed by atoms with E-state index >= 15 is 0 Å². The topological polar surface area (TPSA) is 81.9 Å². The van der Waals surface area contributed by atoms with Crippen molar-refractivity contribution in [2.75, 3.05) is 6.54 Å². The van der Waals surface area contributed by atoms with Gasteiger partial charge in [-0.2, -0.15) is 0 Å². The Balaban J connectivity index is 1.62. The van der Waals surface area contributed by atoms with E-state index in [2.05, 4.69) is 0 Å². The first-order valence-corrected chi connectivity index (χ1v) is 9.23. The van der Waals surface area contributed by atoms with E-state index < -0.39 is 11.7 Å². The van der Waals surface area contributed by atoms with Crippen molar-refractivity contribution >= 4 is 12.2 Å². The van der Waals surface area contributed by atoms with E-state index in [0.717, 1.165) is 18.5 Å². The molecule has 0 bridgehead atoms. The number of carbonyl (C=O) groups excluding carboxylic acids is 2. The molecule has 0 spiro atoms. The summed E-state index contributed by atoms with van der Waals surface area (Å²) in [6, 6.07) is 8.15. The van der Waals surface area contributed by atoms with Gasteiger partial charge in [0.1, 0.15) is 12.2 Å². The van der Waals surface area contributed by atoms with E-state index in [4.69, 9.17) is 15.2 Å². The fraction of sp³-hybridized carbons (Fsp3) is 0.600. The Morgan fingerprint density at radius 1 is 1.19 bits per heavy atom. The molecule has 26 heavy (non-hydrogen) atoms. The van der Waals surface area contributed by atoms with Gasteiger partial charge in [0.05, 0.1) is 0 Å². The molecule has 2 unspecified atom stereocenters. The van der Waals surface area contributed by atoms with Gasteiger partial charge in [-0.15, -0.1) is 0 Å². The van der Waals surface area contributed by atoms with E-state index in [0.29, 0.717) is 11.8 Å². The van der Waals surface area contributed by atoms with Gasteiger partial charge in [-0.1, -0.05) is 24.3 Å². The van der Waals surface area contributed by atoms with Crippen LogP contribution in [-0.2, 0) is 16.1 Å². The van der Waals surface area contributed by atoms with Crippen molar-refractivity contribution in [1.82, 2.24) is 4.90 Å². The summed E-state index contributed by atoms with van der Waals surface area (Å²) in [6.45, 7) is 6.67. The lowest BCUT2D eigenvalue weighted by molar-refractivity contribution is 0.0220. The number of primary amides is 1. The third-order valence-corrected chi connectivity index (χ3v) is 4.73. The van der Waals surface area contributed by atoms with Crippen molar-refractivity contribution in [3.63, 3.8) is 0 Å². The Hall–Kier alpha value is -2.24. The molecule has 2 aliphatic carbocycles. The molecule has 0 aromatic heterocycles. The molecule has 1 aromatic carbocycles. The first-order valence-electron chi connectivity index (χ1n) is 9.23. The summed E-state index contributed by atoms with van der Waals surface area (Å²) < 4.78 is 10.4. The lowest BCUT2D eigenvalue weighted by atomic mass is 10.1. The third kappa shape index (κ3) is 5.13. The Morgan fingerprint density at radius 3 is 2.38 bits per heavy atom. The number of ether oxygens (including phenoxy) is 2. The average molecular weight is 360 g/mol. The van der Waals surface area contributed by atoms with Crippen LogP contribution in [0.5, 0.6) is 0 Å². The molecule has 1 aromatic rings. The molecular weight excluding hydrogens is 332 g/mol. The summed E-state index contributed by atoms with van der Waals surface area (Å²) >= 11 is 0. The fourth-order valence-electron chi connectivity index (χ4n) is 3.14. The maximum absolute atomic E-state index is 12.6. The highest BCUT2D eigenvalue weighted by Crippen LogP contribution is 2.46. The van der Waals surface area contributed by atoms with Crippen LogP contribution in [0.2, 0.25) is 0 Å². The zero-order chi connectivity index (χ0) is 18.9. The van der Waals surface area contributed by atoms with E-state index in [9.17, 15) is 9.59 Å². The molecule has 0 saturated heterocycles. The van der Waals surface area contributed by atoms with Crippen LogP contribution in [0.4, 0.5) is 9.59 Å². The summed E-state index contributed by atoms with van der Waals surface area (Å²) in [5.74, 6) is 0.962. The number of nitrogens with two attached hydrogens (primary N) is 1. The second-order valence-corrected chi connectivity index (χ2v) is 8.33. The molecule has 2 saturated carbocycles. The molecule has 0 radical (unpaired) electrons. The SMILES string of the molecule is CC(C)(C)OC(=O)N(CC1CC1)C1CC1c1ccc(COC(N)=O)cc1. The highest BCUT2D eigenvalue weighted by atomic mass is 16.6. The standard InChI is InChI=1S/C20H28N2O4/c1-20(2,3)26-19(24)22(11-13-4-5-13)17-10-16(17)15-8-6-14(7-9-15)12-25-18(21)23/h6-9,13,16-17H,4-5,10-12H2,1-3H3,(H2,21,23). The van der Waals surface area contributed by atoms with Gasteiger partial charge < -0.3 is 20.1 Å². The molecule has 6 heteroatoms. The third-order valence-electron chi connectivity index (χ3n) is 4.73. The largest absolute Gasteiger partial charge is 0.445 e. The fourth-order valence-corrected chi connectivity index (χ4v) is 3.14. The van der Waals surface area contributed by atoms with Gasteiger partial charge in [0.25, 0.3) is 0 Å². The number of benzene rings is 1. The second-order valence-electron chi connectivity index (χ2n) is 8.33. The van der Waals surface area contributed by atoms with Crippen LogP contribution in [0, 0.1) is 5.92 Å². The van der Waals surface area contributed by atoms with E-state index in [1.165, 1.54) is 18.4 Å². The molecule has 0 heterocycles. The molecule has 142 valence electrons. The number of carbonyl (C=O) groups is 2. The van der Waals surface area contributed by atoms with Gasteiger partial charge in [0.2, 0.25) is 0 Å². The van der Waals surface area contributed by atoms with Crippen LogP contribution in [0.3, 0.4) is 0 Å². The summed E-state index contributed by atoms with van der Waals surface area (Å²) in [7, 11) is 0. The van der Waals surface area contributed by atoms with Gasteiger partial charge in [-0.25, -0.2) is 9.59 Å². The van der Waals surface area contributed by atoms with Crippen LogP contribution in [0.15, 0.2) is 24.3 Å². The summed E-state index contributed by atoms with van der Waals surface area (Å²) in [6.07, 6.45) is 2.38. The van der Waals surface area contributed by atoms with E-state index in [1.54, 1.807) is 0 Å². The summed E-state index contributed by atoms with van der Waals surface area (Å²) in [5, 5.41) is 0. The maximum atomic E-state index is 12.6. The first kappa shape index (κ1) is 18.5. The molecule has 2 N–H and O–H groups in total. The molecule has 2 fully saturated rings. The number of amides is 2. The lowest BCUT2D eigenvalue weighted by Crippen LogP contribution is -2.40. The van der Waals surface area contributed by atoms with Crippen LogP contribution in [0.25, 0.3) is 0 Å². The number of hydrogen-bond donors (Lipinski definition) is 1. The monoisotopic (exact) mass is 360 g/mol. The molecule has 2 aliphatic rings. The van der Waals surface area contributed by atoms with Gasteiger partial charge in [-0.05, 0) is 57.1 Å². The van der Waals surface area contributed by atoms with Crippen molar-refractivity contribution in [1.29, 1.82) is 0 Å². The van der Waals surface area contributed by atoms with Crippen molar-refractivity contribution in [2.45, 2.75) is 64.2 Å². The molecule has 2 atom stereocenters. The number of rotatable bonds is 6. The second kappa shape index (κ2) is 7.17. The number of nitrogens with zero attached hydrogens (tertiary/aromatic N) is 1. The molecule has 6 nitrogen and oxygen atoms in total. The van der Waals surface area contributed by atoms with Gasteiger partial charge in [-0.3, -0.25) is 0 Å². The first-order chi connectivity index (χ1) is 12.2. The summed E-state index contributed by atoms with van der Waals surface area (Å²) in [5.41, 5.74) is 6.60. The number of hydrogen-bond acceptors (Lipinski definition) is 4. The Bertz CT molecular complexity index is 661. The maximum Gasteiger partial charge on any atom is 0.410 e. The van der Waals surface area contributed by atoms with Crippen LogP contribution in [0.1, 0.15) is 57.1 Å². The Kier molecular flexibility index (Phi) is 5.12. The normalized spacial score (nSPS) is 21.8. The molecule has 3 rings (SSSR count). The highest BCUT2D eigenvalue weighted by Gasteiger charge is 2.47. The molecular formula is C20H28N2O4. The lowest BCUT2D eigenvalue weighted by Gasteiger charge is -2.28. The minimum atomic E-state index is -0.774. The molecule has 0 aliphatic heterocycles. The predicted octanol–water partition coefficient (Wildman–Crippen LogP) is 3.78. The minimum absolute atomic E-state index is 0.176. The van der Waals surface area contributed by atoms with E-state index in [-0.39, 0.29) is 18.7 Å². The minimum Gasteiger partial charge on any atom is -0.445 e. The van der Waals surface area contributed by atoms with Gasteiger partial charge in [0, 0.05) is 18.5 Å². The smallest absolute Gasteiger partial charge is 0.410 e. The Morgan fingerprint density at radius 2 is 1.85 bits per heavy atom. The van der Waals surface area contributed by atoms with Crippen molar-refractivity contribution in [3.05, 3.63) is 35.4 Å². The van der Waals surface area contributed by atoms with Gasteiger partial charge >= 0.3 is 12.2 Å². The van der Waals surface area contributed by atoms with Crippen molar-refractivity contribution < 1.29 is 19.1 Å². The molecule has 2 amide bonds. The van der Waals surface area contributed by atoms with Crippen LogP contribution in [-0.4, -0.2) is 35.3 Å². The van der Waals surface area contributed by atoms with Crippen LogP contribution >= 0.6 is 0 Å². The van der Waals surface area contributed by atoms with Crippen molar-refractivity contribution in [3.8, 4) is 0 Å². The van der Waals surface area contributed by atoms with Crippen LogP contribution < -0.4 is 5.73 Å². The quantitative estimate of drug-likeness (QED) is 0.837.